The lowest BCUT2D eigenvalue weighted by Crippen LogP contribution is -2.37. The van der Waals surface area contributed by atoms with Crippen molar-refractivity contribution in [3.8, 4) is 0 Å². The molecule has 0 saturated carbocycles. The highest BCUT2D eigenvalue weighted by atomic mass is 16.5. The van der Waals surface area contributed by atoms with Gasteiger partial charge in [-0.1, -0.05) is 48.5 Å². The summed E-state index contributed by atoms with van der Waals surface area (Å²) in [5.74, 6) is 0.828. The number of carbonyl (C=O) groups excluding carboxylic acids is 1. The summed E-state index contributed by atoms with van der Waals surface area (Å²) in [6.45, 7) is 1.30. The fourth-order valence-electron chi connectivity index (χ4n) is 3.33. The molecule has 0 radical (unpaired) electrons. The van der Waals surface area contributed by atoms with Crippen LogP contribution in [-0.4, -0.2) is 19.1 Å². The molecular formula is C21H21NO3. The molecule has 4 nitrogen and oxygen atoms in total. The monoisotopic (exact) mass is 335 g/mol. The van der Waals surface area contributed by atoms with Gasteiger partial charge < -0.3 is 14.5 Å². The quantitative estimate of drug-likeness (QED) is 0.782. The molecule has 0 spiro atoms. The first-order valence-electron chi connectivity index (χ1n) is 8.73. The lowest BCUT2D eigenvalue weighted by Gasteiger charge is -2.24. The average Bonchev–Trinajstić information content (AvgIpc) is 3.11. The fourth-order valence-corrected chi connectivity index (χ4v) is 3.33. The van der Waals surface area contributed by atoms with Crippen LogP contribution in [0.4, 0.5) is 0 Å². The number of furan rings is 1. The van der Waals surface area contributed by atoms with Crippen molar-refractivity contribution in [1.29, 1.82) is 0 Å². The van der Waals surface area contributed by atoms with Gasteiger partial charge in [-0.25, -0.2) is 0 Å². The number of rotatable bonds is 4. The van der Waals surface area contributed by atoms with Crippen LogP contribution in [0.3, 0.4) is 0 Å². The summed E-state index contributed by atoms with van der Waals surface area (Å²) in [7, 11) is 0. The van der Waals surface area contributed by atoms with Crippen molar-refractivity contribution < 1.29 is 13.9 Å². The zero-order chi connectivity index (χ0) is 17.1. The molecule has 0 aliphatic carbocycles. The molecule has 0 bridgehead atoms. The van der Waals surface area contributed by atoms with E-state index in [1.165, 1.54) is 0 Å². The van der Waals surface area contributed by atoms with Crippen LogP contribution in [-0.2, 0) is 9.53 Å². The number of nitrogens with one attached hydrogen (secondary N) is 1. The molecule has 1 amide bonds. The summed E-state index contributed by atoms with van der Waals surface area (Å²) >= 11 is 0. The van der Waals surface area contributed by atoms with Crippen LogP contribution in [0.5, 0.6) is 0 Å². The molecule has 2 heterocycles. The Kier molecular flexibility index (Phi) is 4.53. The third-order valence-electron chi connectivity index (χ3n) is 4.74. The maximum Gasteiger partial charge on any atom is 0.224 e. The minimum Gasteiger partial charge on any atom is -0.459 e. The van der Waals surface area contributed by atoms with Crippen molar-refractivity contribution >= 4 is 16.9 Å². The van der Waals surface area contributed by atoms with E-state index in [1.54, 1.807) is 0 Å². The predicted octanol–water partition coefficient (Wildman–Crippen LogP) is 4.07. The molecule has 2 aromatic carbocycles. The largest absolute Gasteiger partial charge is 0.459 e. The maximum absolute atomic E-state index is 12.8. The second-order valence-electron chi connectivity index (χ2n) is 6.43. The number of ether oxygens (including phenoxy) is 1. The third kappa shape index (κ3) is 3.44. The maximum atomic E-state index is 12.8. The number of hydrogen-bond donors (Lipinski definition) is 1. The molecule has 1 atom stereocenters. The van der Waals surface area contributed by atoms with E-state index in [0.29, 0.717) is 13.2 Å². The Labute approximate surface area is 146 Å². The molecule has 1 fully saturated rings. The summed E-state index contributed by atoms with van der Waals surface area (Å²) in [5.41, 5.74) is 1.85. The van der Waals surface area contributed by atoms with Gasteiger partial charge >= 0.3 is 0 Å². The van der Waals surface area contributed by atoms with Gasteiger partial charge in [0.15, 0.2) is 0 Å². The minimum absolute atomic E-state index is 0.00402. The molecule has 1 saturated heterocycles. The van der Waals surface area contributed by atoms with Crippen LogP contribution in [0.25, 0.3) is 11.0 Å². The van der Waals surface area contributed by atoms with E-state index in [-0.39, 0.29) is 17.9 Å². The van der Waals surface area contributed by atoms with Gasteiger partial charge in [-0.2, -0.15) is 0 Å². The van der Waals surface area contributed by atoms with Crippen LogP contribution in [0.2, 0.25) is 0 Å². The van der Waals surface area contributed by atoms with Gasteiger partial charge in [-0.05, 0) is 30.5 Å². The Morgan fingerprint density at radius 3 is 2.48 bits per heavy atom. The van der Waals surface area contributed by atoms with Crippen LogP contribution < -0.4 is 5.32 Å². The first kappa shape index (κ1) is 15.9. The van der Waals surface area contributed by atoms with Crippen molar-refractivity contribution in [2.24, 2.45) is 5.92 Å². The number of fused-ring (bicyclic) bond motifs is 1. The highest BCUT2D eigenvalue weighted by Gasteiger charge is 2.26. The van der Waals surface area contributed by atoms with Crippen LogP contribution in [0, 0.1) is 5.92 Å². The topological polar surface area (TPSA) is 51.5 Å². The van der Waals surface area contributed by atoms with Crippen molar-refractivity contribution in [2.45, 2.75) is 18.9 Å². The second-order valence-corrected chi connectivity index (χ2v) is 6.43. The average molecular weight is 335 g/mol. The summed E-state index contributed by atoms with van der Waals surface area (Å²) < 4.78 is 11.4. The first-order valence-corrected chi connectivity index (χ1v) is 8.73. The number of benzene rings is 2. The number of amides is 1. The standard InChI is InChI=1S/C21H21NO3/c23-21(16-10-12-24-13-11-16)22-20(15-6-2-1-3-7-15)19-14-17-8-4-5-9-18(17)25-19/h1-9,14,16,20H,10-13H2,(H,22,23)/t20-/m1/s1. The van der Waals surface area contributed by atoms with Gasteiger partial charge in [0.05, 0.1) is 0 Å². The molecule has 1 N–H and O–H groups in total. The summed E-state index contributed by atoms with van der Waals surface area (Å²) in [5, 5.41) is 4.23. The molecule has 128 valence electrons. The van der Waals surface area contributed by atoms with Gasteiger partial charge in [0.2, 0.25) is 5.91 Å². The van der Waals surface area contributed by atoms with Crippen LogP contribution in [0.15, 0.2) is 65.1 Å². The number of para-hydroxylation sites is 1. The van der Waals surface area contributed by atoms with Crippen molar-refractivity contribution in [1.82, 2.24) is 5.32 Å². The van der Waals surface area contributed by atoms with E-state index in [0.717, 1.165) is 35.1 Å². The highest BCUT2D eigenvalue weighted by molar-refractivity contribution is 5.81. The molecule has 25 heavy (non-hydrogen) atoms. The molecule has 1 aliphatic heterocycles. The van der Waals surface area contributed by atoms with E-state index in [2.05, 4.69) is 5.32 Å². The molecule has 4 rings (SSSR count). The van der Waals surface area contributed by atoms with Crippen LogP contribution >= 0.6 is 0 Å². The molecule has 3 aromatic rings. The van der Waals surface area contributed by atoms with E-state index >= 15 is 0 Å². The van der Waals surface area contributed by atoms with Gasteiger partial charge in [0.25, 0.3) is 0 Å². The van der Waals surface area contributed by atoms with Gasteiger partial charge in [-0.15, -0.1) is 0 Å². The number of carbonyl (C=O) groups is 1. The SMILES string of the molecule is O=C(N[C@H](c1ccccc1)c1cc2ccccc2o1)C1CCOCC1. The third-order valence-corrected chi connectivity index (χ3v) is 4.74. The van der Waals surface area contributed by atoms with E-state index in [1.807, 2.05) is 60.7 Å². The first-order chi connectivity index (χ1) is 12.3. The van der Waals surface area contributed by atoms with Gasteiger partial charge in [0.1, 0.15) is 17.4 Å². The molecule has 0 unspecified atom stereocenters. The van der Waals surface area contributed by atoms with Crippen molar-refractivity contribution in [3.05, 3.63) is 72.0 Å². The lowest BCUT2D eigenvalue weighted by atomic mass is 9.97. The number of hydrogen-bond acceptors (Lipinski definition) is 3. The zero-order valence-electron chi connectivity index (χ0n) is 14.0. The molecule has 4 heteroatoms. The summed E-state index contributed by atoms with van der Waals surface area (Å²) in [4.78, 5) is 12.8. The zero-order valence-corrected chi connectivity index (χ0v) is 14.0. The summed E-state index contributed by atoms with van der Waals surface area (Å²) in [6.07, 6.45) is 1.54. The normalized spacial score (nSPS) is 16.6. The van der Waals surface area contributed by atoms with Crippen molar-refractivity contribution in [3.63, 3.8) is 0 Å². The Hall–Kier alpha value is -2.59. The summed E-state index contributed by atoms with van der Waals surface area (Å²) in [6, 6.07) is 19.6. The van der Waals surface area contributed by atoms with Gasteiger partial charge in [0, 0.05) is 24.5 Å². The Morgan fingerprint density at radius 1 is 1.00 bits per heavy atom. The smallest absolute Gasteiger partial charge is 0.224 e. The Morgan fingerprint density at radius 2 is 1.72 bits per heavy atom. The minimum atomic E-state index is -0.288. The fraction of sp³-hybridized carbons (Fsp3) is 0.286. The highest BCUT2D eigenvalue weighted by Crippen LogP contribution is 2.29. The van der Waals surface area contributed by atoms with E-state index in [9.17, 15) is 4.79 Å². The second kappa shape index (κ2) is 7.11. The Bertz CT molecular complexity index is 817. The van der Waals surface area contributed by atoms with Gasteiger partial charge in [-0.3, -0.25) is 4.79 Å². The lowest BCUT2D eigenvalue weighted by molar-refractivity contribution is -0.128. The van der Waals surface area contributed by atoms with E-state index < -0.39 is 0 Å². The van der Waals surface area contributed by atoms with E-state index in [4.69, 9.17) is 9.15 Å². The molecule has 1 aliphatic rings. The molecular weight excluding hydrogens is 314 g/mol. The molecule has 1 aromatic heterocycles. The van der Waals surface area contributed by atoms with Crippen molar-refractivity contribution in [2.75, 3.05) is 13.2 Å². The predicted molar refractivity (Wildman–Crippen MR) is 96.2 cm³/mol. The van der Waals surface area contributed by atoms with Crippen LogP contribution in [0.1, 0.15) is 30.2 Å². The Balaban J connectivity index is 1.65.